The van der Waals surface area contributed by atoms with Crippen LogP contribution in [0.25, 0.3) is 16.7 Å². The zero-order chi connectivity index (χ0) is 15.7. The molecule has 0 aliphatic rings. The van der Waals surface area contributed by atoms with E-state index in [1.165, 1.54) is 0 Å². The van der Waals surface area contributed by atoms with Gasteiger partial charge in [-0.2, -0.15) is 5.10 Å². The summed E-state index contributed by atoms with van der Waals surface area (Å²) >= 11 is 0. The second-order valence-corrected chi connectivity index (χ2v) is 5.70. The third kappa shape index (κ3) is 2.34. The minimum absolute atomic E-state index is 0.0514. The van der Waals surface area contributed by atoms with Crippen LogP contribution in [0.5, 0.6) is 0 Å². The number of nitrogens with zero attached hydrogens (tertiary/aromatic N) is 3. The summed E-state index contributed by atoms with van der Waals surface area (Å²) in [6.45, 7) is 6.85. The molecule has 0 aliphatic carbocycles. The van der Waals surface area contributed by atoms with E-state index in [2.05, 4.69) is 12.0 Å². The van der Waals surface area contributed by atoms with E-state index in [0.717, 1.165) is 47.4 Å². The van der Waals surface area contributed by atoms with E-state index in [0.29, 0.717) is 0 Å². The summed E-state index contributed by atoms with van der Waals surface area (Å²) in [6.07, 6.45) is 2.04. The van der Waals surface area contributed by atoms with Crippen molar-refractivity contribution in [2.24, 2.45) is 0 Å². The maximum Gasteiger partial charge on any atom is 0.252 e. The average Bonchev–Trinajstić information content (AvgIpc) is 2.86. The van der Waals surface area contributed by atoms with Crippen LogP contribution in [0.3, 0.4) is 0 Å². The molecular weight excluding hydrogens is 274 g/mol. The summed E-state index contributed by atoms with van der Waals surface area (Å²) < 4.78 is 3.76. The van der Waals surface area contributed by atoms with Crippen LogP contribution in [0.4, 0.5) is 0 Å². The van der Waals surface area contributed by atoms with Crippen molar-refractivity contribution in [2.75, 3.05) is 0 Å². The maximum absolute atomic E-state index is 12.5. The number of fused-ring (bicyclic) bond motifs is 1. The molecule has 0 fully saturated rings. The van der Waals surface area contributed by atoms with E-state index < -0.39 is 0 Å². The topological polar surface area (TPSA) is 39.8 Å². The largest absolute Gasteiger partial charge is 0.293 e. The molecule has 0 amide bonds. The lowest BCUT2D eigenvalue weighted by atomic mass is 10.1. The number of hydrogen-bond donors (Lipinski definition) is 0. The van der Waals surface area contributed by atoms with Crippen molar-refractivity contribution in [3.05, 3.63) is 58.0 Å². The van der Waals surface area contributed by atoms with E-state index in [4.69, 9.17) is 0 Å². The molecule has 0 radical (unpaired) electrons. The first-order valence-electron chi connectivity index (χ1n) is 7.78. The van der Waals surface area contributed by atoms with Gasteiger partial charge in [0.25, 0.3) is 5.56 Å². The van der Waals surface area contributed by atoms with Gasteiger partial charge in [-0.1, -0.05) is 31.5 Å². The van der Waals surface area contributed by atoms with Crippen LogP contribution in [-0.4, -0.2) is 14.3 Å². The maximum atomic E-state index is 12.5. The summed E-state index contributed by atoms with van der Waals surface area (Å²) in [5, 5.41) is 5.77. The van der Waals surface area contributed by atoms with Crippen molar-refractivity contribution in [2.45, 2.75) is 40.2 Å². The Bertz CT molecular complexity index is 859. The fraction of sp³-hybridized carbons (Fsp3) is 0.333. The number of pyridine rings is 1. The van der Waals surface area contributed by atoms with Gasteiger partial charge in [0.15, 0.2) is 0 Å². The lowest BCUT2D eigenvalue weighted by Gasteiger charge is -2.11. The molecule has 2 heterocycles. The number of hydrogen-bond acceptors (Lipinski definition) is 2. The van der Waals surface area contributed by atoms with Crippen molar-refractivity contribution in [1.82, 2.24) is 14.3 Å². The minimum atomic E-state index is 0.0514. The molecule has 4 heteroatoms. The predicted molar refractivity (Wildman–Crippen MR) is 89.7 cm³/mol. The zero-order valence-corrected chi connectivity index (χ0v) is 13.3. The van der Waals surface area contributed by atoms with Gasteiger partial charge >= 0.3 is 0 Å². The monoisotopic (exact) mass is 295 g/mol. The third-order valence-electron chi connectivity index (χ3n) is 4.03. The summed E-state index contributed by atoms with van der Waals surface area (Å²) in [7, 11) is 0. The highest BCUT2D eigenvalue weighted by molar-refractivity contribution is 5.83. The quantitative estimate of drug-likeness (QED) is 0.737. The van der Waals surface area contributed by atoms with Gasteiger partial charge in [-0.25, -0.2) is 4.68 Å². The van der Waals surface area contributed by atoms with Crippen LogP contribution in [0.2, 0.25) is 0 Å². The molecule has 22 heavy (non-hydrogen) atoms. The lowest BCUT2D eigenvalue weighted by Crippen LogP contribution is -2.22. The smallest absolute Gasteiger partial charge is 0.252 e. The minimum Gasteiger partial charge on any atom is -0.293 e. The van der Waals surface area contributed by atoms with Crippen molar-refractivity contribution in [3.63, 3.8) is 0 Å². The van der Waals surface area contributed by atoms with E-state index in [1.807, 2.05) is 53.4 Å². The van der Waals surface area contributed by atoms with Gasteiger partial charge in [0.2, 0.25) is 0 Å². The molecule has 0 unspecified atom stereocenters. The van der Waals surface area contributed by atoms with Gasteiger partial charge in [-0.3, -0.25) is 9.36 Å². The Morgan fingerprint density at radius 2 is 1.86 bits per heavy atom. The molecule has 4 nitrogen and oxygen atoms in total. The van der Waals surface area contributed by atoms with E-state index >= 15 is 0 Å². The molecule has 0 saturated carbocycles. The van der Waals surface area contributed by atoms with Crippen molar-refractivity contribution < 1.29 is 0 Å². The van der Waals surface area contributed by atoms with Gasteiger partial charge in [0.05, 0.1) is 11.4 Å². The summed E-state index contributed by atoms with van der Waals surface area (Å²) in [4.78, 5) is 12.5. The number of unbranched alkanes of at least 4 members (excludes halogenated alkanes) is 1. The SMILES string of the molecule is CCCCn1c(=O)cc(C)c2c(C)nn(-c3ccccc3)c21. The van der Waals surface area contributed by atoms with Crippen molar-refractivity contribution in [3.8, 4) is 5.69 Å². The molecule has 0 atom stereocenters. The zero-order valence-electron chi connectivity index (χ0n) is 13.3. The van der Waals surface area contributed by atoms with Gasteiger partial charge in [0, 0.05) is 18.0 Å². The standard InChI is InChI=1S/C18H21N3O/c1-4-5-11-20-16(22)12-13(2)17-14(3)19-21(18(17)20)15-9-7-6-8-10-15/h6-10,12H,4-5,11H2,1-3H3. The number of para-hydroxylation sites is 1. The molecule has 0 bridgehead atoms. The molecular formula is C18H21N3O. The molecule has 0 aliphatic heterocycles. The Morgan fingerprint density at radius 3 is 2.55 bits per heavy atom. The number of benzene rings is 1. The summed E-state index contributed by atoms with van der Waals surface area (Å²) in [5.74, 6) is 0. The molecule has 114 valence electrons. The average molecular weight is 295 g/mol. The second kappa shape index (κ2) is 5.79. The van der Waals surface area contributed by atoms with Crippen molar-refractivity contribution in [1.29, 1.82) is 0 Å². The fourth-order valence-corrected chi connectivity index (χ4v) is 2.95. The second-order valence-electron chi connectivity index (χ2n) is 5.70. The molecule has 3 rings (SSSR count). The molecule has 0 spiro atoms. The van der Waals surface area contributed by atoms with Gasteiger partial charge in [-0.05, 0) is 38.0 Å². The lowest BCUT2D eigenvalue weighted by molar-refractivity contribution is 0.619. The number of rotatable bonds is 4. The highest BCUT2D eigenvalue weighted by Gasteiger charge is 2.16. The molecule has 0 N–H and O–H groups in total. The van der Waals surface area contributed by atoms with Crippen LogP contribution in [0.1, 0.15) is 31.0 Å². The van der Waals surface area contributed by atoms with Crippen LogP contribution >= 0.6 is 0 Å². The predicted octanol–water partition coefficient (Wildman–Crippen LogP) is 3.60. The Hall–Kier alpha value is -2.36. The molecule has 3 aromatic rings. The Balaban J connectivity index is 2.36. The number of aryl methyl sites for hydroxylation is 3. The normalized spacial score (nSPS) is 11.2. The molecule has 0 saturated heterocycles. The van der Waals surface area contributed by atoms with Crippen LogP contribution in [-0.2, 0) is 6.54 Å². The first-order valence-corrected chi connectivity index (χ1v) is 7.78. The van der Waals surface area contributed by atoms with E-state index in [1.54, 1.807) is 6.07 Å². The van der Waals surface area contributed by atoms with Crippen molar-refractivity contribution >= 4 is 11.0 Å². The number of aromatic nitrogens is 3. The summed E-state index contributed by atoms with van der Waals surface area (Å²) in [5.41, 5.74) is 3.89. The highest BCUT2D eigenvalue weighted by Crippen LogP contribution is 2.23. The Labute approximate surface area is 130 Å². The fourth-order valence-electron chi connectivity index (χ4n) is 2.95. The van der Waals surface area contributed by atoms with Crippen LogP contribution < -0.4 is 5.56 Å². The Morgan fingerprint density at radius 1 is 1.14 bits per heavy atom. The highest BCUT2D eigenvalue weighted by atomic mass is 16.1. The van der Waals surface area contributed by atoms with Gasteiger partial charge in [0.1, 0.15) is 5.65 Å². The molecule has 2 aromatic heterocycles. The first kappa shape index (κ1) is 14.6. The van der Waals surface area contributed by atoms with Gasteiger partial charge < -0.3 is 0 Å². The first-order chi connectivity index (χ1) is 10.6. The third-order valence-corrected chi connectivity index (χ3v) is 4.03. The van der Waals surface area contributed by atoms with Crippen LogP contribution in [0.15, 0.2) is 41.2 Å². The van der Waals surface area contributed by atoms with Gasteiger partial charge in [-0.15, -0.1) is 0 Å². The summed E-state index contributed by atoms with van der Waals surface area (Å²) in [6, 6.07) is 11.7. The van der Waals surface area contributed by atoms with E-state index in [9.17, 15) is 4.79 Å². The Kier molecular flexibility index (Phi) is 3.84. The molecule has 1 aromatic carbocycles. The van der Waals surface area contributed by atoms with E-state index in [-0.39, 0.29) is 5.56 Å². The van der Waals surface area contributed by atoms with Crippen LogP contribution in [0, 0.1) is 13.8 Å².